The van der Waals surface area contributed by atoms with Gasteiger partial charge in [-0.1, -0.05) is 36.4 Å². The van der Waals surface area contributed by atoms with Crippen molar-refractivity contribution in [1.29, 1.82) is 0 Å². The quantitative estimate of drug-likeness (QED) is 0.713. The van der Waals surface area contributed by atoms with Gasteiger partial charge in [0.15, 0.2) is 0 Å². The van der Waals surface area contributed by atoms with Crippen molar-refractivity contribution in [3.8, 4) is 0 Å². The maximum atomic E-state index is 11.0. The van der Waals surface area contributed by atoms with E-state index in [9.17, 15) is 16.8 Å². The van der Waals surface area contributed by atoms with Gasteiger partial charge in [-0.3, -0.25) is 9.11 Å². The minimum absolute atomic E-state index is 0.0457. The Bertz CT molecular complexity index is 805. The fourth-order valence-electron chi connectivity index (χ4n) is 1.54. The minimum atomic E-state index is -4.13. The second kappa shape index (κ2) is 6.96. The van der Waals surface area contributed by atoms with Gasteiger partial charge in [-0.15, -0.1) is 0 Å². The van der Waals surface area contributed by atoms with Gasteiger partial charge in [0.1, 0.15) is 4.90 Å². The summed E-state index contributed by atoms with van der Waals surface area (Å²) < 4.78 is 58.0. The molecule has 2 aromatic rings. The number of aliphatic hydroxyl groups is 1. The third kappa shape index (κ3) is 5.78. The van der Waals surface area contributed by atoms with Gasteiger partial charge in [-0.05, 0) is 11.5 Å². The monoisotopic (exact) mass is 334 g/mol. The first-order chi connectivity index (χ1) is 9.65. The van der Waals surface area contributed by atoms with Gasteiger partial charge < -0.3 is 5.11 Å². The summed E-state index contributed by atoms with van der Waals surface area (Å²) in [6.07, 6.45) is 0. The van der Waals surface area contributed by atoms with E-state index in [1.165, 1.54) is 6.07 Å². The summed E-state index contributed by atoms with van der Waals surface area (Å²) in [6, 6.07) is 11.8. The molecule has 0 heterocycles. The second-order valence-electron chi connectivity index (χ2n) is 3.96. The maximum Gasteiger partial charge on any atom is 0.295 e. The molecule has 0 aliphatic heterocycles. The molecule has 116 valence electrons. The zero-order chi connectivity index (χ0) is 16.1. The zero-order valence-corrected chi connectivity index (χ0v) is 12.4. The topological polar surface area (TPSA) is 129 Å². The summed E-state index contributed by atoms with van der Waals surface area (Å²) in [6.45, 7) is -0.529. The van der Waals surface area contributed by atoms with Crippen LogP contribution in [0.15, 0.2) is 47.4 Å². The number of fused-ring (bicyclic) bond motifs is 1. The van der Waals surface area contributed by atoms with Crippen LogP contribution in [0.3, 0.4) is 0 Å². The van der Waals surface area contributed by atoms with Gasteiger partial charge in [-0.2, -0.15) is 16.8 Å². The number of rotatable bonds is 3. The molecule has 3 N–H and O–H groups in total. The molecule has 2 rings (SSSR count). The molecule has 0 unspecified atom stereocenters. The maximum absolute atomic E-state index is 11.0. The number of aliphatic hydroxyl groups excluding tert-OH is 1. The van der Waals surface area contributed by atoms with Crippen LogP contribution in [-0.2, 0) is 20.2 Å². The van der Waals surface area contributed by atoms with Crippen molar-refractivity contribution in [2.75, 3.05) is 12.4 Å². The van der Waals surface area contributed by atoms with Crippen LogP contribution in [0.5, 0.6) is 0 Å². The molecule has 0 atom stereocenters. The van der Waals surface area contributed by atoms with Crippen molar-refractivity contribution in [1.82, 2.24) is 0 Å². The van der Waals surface area contributed by atoms with Gasteiger partial charge in [-0.25, -0.2) is 0 Å². The average Bonchev–Trinajstić information content (AvgIpc) is 2.36. The van der Waals surface area contributed by atoms with E-state index in [2.05, 4.69) is 0 Å². The van der Waals surface area contributed by atoms with E-state index in [4.69, 9.17) is 14.2 Å². The van der Waals surface area contributed by atoms with Gasteiger partial charge in [0, 0.05) is 5.39 Å². The normalized spacial score (nSPS) is 11.8. The molecule has 21 heavy (non-hydrogen) atoms. The zero-order valence-electron chi connectivity index (χ0n) is 10.7. The molecule has 7 nitrogen and oxygen atoms in total. The fourth-order valence-corrected chi connectivity index (χ4v) is 2.48. The Balaban J connectivity index is 0.000000270. The lowest BCUT2D eigenvalue weighted by Gasteiger charge is -2.02. The van der Waals surface area contributed by atoms with Crippen LogP contribution in [-0.4, -0.2) is 43.4 Å². The third-order valence-electron chi connectivity index (χ3n) is 2.38. The third-order valence-corrected chi connectivity index (χ3v) is 3.99. The molecule has 2 aromatic carbocycles. The standard InChI is InChI=1S/C10H8O3S.C2H6O4S/c11-14(12,13)10-7-3-5-8-4-1-2-6-9(8)10;3-1-2-7(4,5)6/h1-7H,(H,11,12,13);3H,1-2H2,(H,4,5,6). The molecular weight excluding hydrogens is 320 g/mol. The van der Waals surface area contributed by atoms with Crippen LogP contribution in [0.25, 0.3) is 10.8 Å². The molecule has 0 aliphatic carbocycles. The SMILES string of the molecule is O=S(=O)(O)CCO.O=S(=O)(O)c1cccc2ccccc12. The van der Waals surface area contributed by atoms with E-state index in [0.29, 0.717) is 5.39 Å². The summed E-state index contributed by atoms with van der Waals surface area (Å²) in [5.41, 5.74) is 0. The molecule has 0 fully saturated rings. The number of hydrogen-bond donors (Lipinski definition) is 3. The lowest BCUT2D eigenvalue weighted by molar-refractivity contribution is 0.315. The average molecular weight is 334 g/mol. The highest BCUT2D eigenvalue weighted by Crippen LogP contribution is 2.21. The minimum Gasteiger partial charge on any atom is -0.395 e. The first-order valence-corrected chi connectivity index (χ1v) is 8.71. The summed E-state index contributed by atoms with van der Waals surface area (Å²) in [4.78, 5) is -0.0457. The molecule has 0 radical (unpaired) electrons. The Morgan fingerprint density at radius 2 is 1.43 bits per heavy atom. The number of hydrogen-bond acceptors (Lipinski definition) is 5. The second-order valence-corrected chi connectivity index (χ2v) is 6.92. The van der Waals surface area contributed by atoms with Gasteiger partial charge in [0.05, 0.1) is 12.4 Å². The van der Waals surface area contributed by atoms with Crippen molar-refractivity contribution in [2.24, 2.45) is 0 Å². The molecule has 0 bridgehead atoms. The van der Waals surface area contributed by atoms with Crippen LogP contribution >= 0.6 is 0 Å². The lowest BCUT2D eigenvalue weighted by atomic mass is 10.1. The molecule has 0 aliphatic rings. The summed E-state index contributed by atoms with van der Waals surface area (Å²) in [7, 11) is -8.05. The predicted octanol–water partition coefficient (Wildman–Crippen LogP) is 0.953. The summed E-state index contributed by atoms with van der Waals surface area (Å²) >= 11 is 0. The van der Waals surface area contributed by atoms with Crippen molar-refractivity contribution >= 4 is 31.0 Å². The van der Waals surface area contributed by atoms with Crippen LogP contribution in [0, 0.1) is 0 Å². The molecule has 0 aromatic heterocycles. The van der Waals surface area contributed by atoms with Crippen LogP contribution in [0.2, 0.25) is 0 Å². The lowest BCUT2D eigenvalue weighted by Crippen LogP contribution is -2.06. The Hall–Kier alpha value is -1.52. The van der Waals surface area contributed by atoms with Gasteiger partial charge >= 0.3 is 0 Å². The molecular formula is C12H14O7S2. The smallest absolute Gasteiger partial charge is 0.295 e. The molecule has 0 amide bonds. The van der Waals surface area contributed by atoms with E-state index in [-0.39, 0.29) is 4.90 Å². The fraction of sp³-hybridized carbons (Fsp3) is 0.167. The first kappa shape index (κ1) is 17.5. The Labute approximate surface area is 122 Å². The molecule has 0 saturated carbocycles. The van der Waals surface area contributed by atoms with E-state index in [0.717, 1.165) is 5.39 Å². The van der Waals surface area contributed by atoms with Crippen molar-refractivity contribution in [3.63, 3.8) is 0 Å². The Kier molecular flexibility index (Phi) is 5.81. The Morgan fingerprint density at radius 1 is 0.857 bits per heavy atom. The van der Waals surface area contributed by atoms with Crippen molar-refractivity contribution in [3.05, 3.63) is 42.5 Å². The number of benzene rings is 2. The van der Waals surface area contributed by atoms with E-state index in [1.807, 2.05) is 6.07 Å². The van der Waals surface area contributed by atoms with E-state index < -0.39 is 32.6 Å². The van der Waals surface area contributed by atoms with Gasteiger partial charge in [0.2, 0.25) is 0 Å². The summed E-state index contributed by atoms with van der Waals surface area (Å²) in [5, 5.41) is 9.20. The van der Waals surface area contributed by atoms with Crippen molar-refractivity contribution in [2.45, 2.75) is 4.90 Å². The molecule has 0 saturated heterocycles. The predicted molar refractivity (Wildman–Crippen MR) is 77.3 cm³/mol. The molecule has 9 heteroatoms. The highest BCUT2D eigenvalue weighted by Gasteiger charge is 2.12. The first-order valence-electron chi connectivity index (χ1n) is 5.66. The van der Waals surface area contributed by atoms with Crippen molar-refractivity contribution < 1.29 is 31.0 Å². The van der Waals surface area contributed by atoms with Crippen LogP contribution in [0.4, 0.5) is 0 Å². The molecule has 0 spiro atoms. The Morgan fingerprint density at radius 3 is 1.90 bits per heavy atom. The van der Waals surface area contributed by atoms with Gasteiger partial charge in [0.25, 0.3) is 20.2 Å². The van der Waals surface area contributed by atoms with Crippen LogP contribution < -0.4 is 0 Å². The van der Waals surface area contributed by atoms with E-state index >= 15 is 0 Å². The largest absolute Gasteiger partial charge is 0.395 e. The summed E-state index contributed by atoms with van der Waals surface area (Å²) in [5.74, 6) is -0.576. The highest BCUT2D eigenvalue weighted by molar-refractivity contribution is 7.86. The van der Waals surface area contributed by atoms with Crippen LogP contribution in [0.1, 0.15) is 0 Å². The highest BCUT2D eigenvalue weighted by atomic mass is 32.2. The van der Waals surface area contributed by atoms with E-state index in [1.54, 1.807) is 30.3 Å².